The second kappa shape index (κ2) is 4.59. The van der Waals surface area contributed by atoms with Crippen LogP contribution in [0.2, 0.25) is 0 Å². The number of carbonyl (C=O) groups is 3. The van der Waals surface area contributed by atoms with Gasteiger partial charge in [0.2, 0.25) is 5.91 Å². The van der Waals surface area contributed by atoms with Crippen molar-refractivity contribution in [3.8, 4) is 0 Å². The molecule has 0 saturated carbocycles. The van der Waals surface area contributed by atoms with E-state index in [0.717, 1.165) is 6.07 Å². The number of hydrogen-bond acceptors (Lipinski definition) is 4. The summed E-state index contributed by atoms with van der Waals surface area (Å²) in [7, 11) is 0. The fraction of sp³-hybridized carbons (Fsp3) is 0.308. The molecule has 0 aliphatic carbocycles. The van der Waals surface area contributed by atoms with Gasteiger partial charge in [-0.05, 0) is 32.0 Å². The molecule has 0 aromatic heterocycles. The number of amides is 2. The Morgan fingerprint density at radius 3 is 2.60 bits per heavy atom. The second-order valence-corrected chi connectivity index (χ2v) is 4.99. The summed E-state index contributed by atoms with van der Waals surface area (Å²) in [5.41, 5.74) is -1.29. The molecule has 2 N–H and O–H groups in total. The van der Waals surface area contributed by atoms with Gasteiger partial charge in [0.05, 0.1) is 17.8 Å². The zero-order valence-electron chi connectivity index (χ0n) is 10.9. The number of hydrogen-bond donors (Lipinski definition) is 2. The van der Waals surface area contributed by atoms with Gasteiger partial charge in [-0.3, -0.25) is 14.9 Å². The minimum atomic E-state index is -1.25. The molecule has 106 valence electrons. The van der Waals surface area contributed by atoms with Crippen LogP contribution < -0.4 is 10.2 Å². The maximum absolute atomic E-state index is 14.0. The van der Waals surface area contributed by atoms with Crippen molar-refractivity contribution < 1.29 is 23.9 Å². The van der Waals surface area contributed by atoms with Crippen molar-refractivity contribution in [2.75, 3.05) is 11.4 Å². The zero-order valence-corrected chi connectivity index (χ0v) is 10.9. The first-order chi connectivity index (χ1) is 9.23. The molecule has 1 saturated heterocycles. The monoisotopic (exact) mass is 280 g/mol. The molecule has 1 fully saturated rings. The van der Waals surface area contributed by atoms with E-state index in [4.69, 9.17) is 5.11 Å². The molecule has 0 atom stereocenters. The third-order valence-corrected chi connectivity index (χ3v) is 3.27. The van der Waals surface area contributed by atoms with Gasteiger partial charge in [0.1, 0.15) is 11.4 Å². The Labute approximate surface area is 114 Å². The van der Waals surface area contributed by atoms with Gasteiger partial charge in [0.15, 0.2) is 0 Å². The number of piperazine rings is 1. The molecule has 1 aliphatic heterocycles. The largest absolute Gasteiger partial charge is 0.478 e. The molecule has 7 heteroatoms. The SMILES string of the molecule is CC1(C)C(=O)NC(=O)CN1c1ccc(C(=O)O)cc1F. The molecule has 1 aliphatic rings. The van der Waals surface area contributed by atoms with Gasteiger partial charge in [-0.2, -0.15) is 0 Å². The van der Waals surface area contributed by atoms with Gasteiger partial charge in [0.25, 0.3) is 5.91 Å². The lowest BCUT2D eigenvalue weighted by molar-refractivity contribution is -0.135. The van der Waals surface area contributed by atoms with Crippen LogP contribution in [0, 0.1) is 5.82 Å². The Morgan fingerprint density at radius 1 is 1.40 bits per heavy atom. The summed E-state index contributed by atoms with van der Waals surface area (Å²) in [5, 5.41) is 11.0. The van der Waals surface area contributed by atoms with Crippen molar-refractivity contribution in [3.63, 3.8) is 0 Å². The van der Waals surface area contributed by atoms with E-state index in [-0.39, 0.29) is 17.8 Å². The number of anilines is 1. The lowest BCUT2D eigenvalue weighted by atomic mass is 9.97. The van der Waals surface area contributed by atoms with Gasteiger partial charge in [-0.15, -0.1) is 0 Å². The van der Waals surface area contributed by atoms with Crippen LogP contribution in [0.4, 0.5) is 10.1 Å². The minimum absolute atomic E-state index is 0.0169. The van der Waals surface area contributed by atoms with Gasteiger partial charge >= 0.3 is 5.97 Å². The molecule has 2 amide bonds. The third kappa shape index (κ3) is 2.22. The van der Waals surface area contributed by atoms with E-state index >= 15 is 0 Å². The second-order valence-electron chi connectivity index (χ2n) is 4.99. The summed E-state index contributed by atoms with van der Waals surface area (Å²) in [4.78, 5) is 35.3. The van der Waals surface area contributed by atoms with Crippen molar-refractivity contribution >= 4 is 23.5 Å². The van der Waals surface area contributed by atoms with Crippen LogP contribution in [0.25, 0.3) is 0 Å². The Hall–Kier alpha value is -2.44. The van der Waals surface area contributed by atoms with Crippen molar-refractivity contribution in [1.82, 2.24) is 5.32 Å². The Morgan fingerprint density at radius 2 is 2.05 bits per heavy atom. The van der Waals surface area contributed by atoms with Crippen LogP contribution in [0.15, 0.2) is 18.2 Å². The summed E-state index contributed by atoms with van der Waals surface area (Å²) >= 11 is 0. The predicted octanol–water partition coefficient (Wildman–Crippen LogP) is 0.765. The molecular weight excluding hydrogens is 267 g/mol. The molecule has 1 heterocycles. The summed E-state index contributed by atoms with van der Waals surface area (Å²) in [6.07, 6.45) is 0. The zero-order chi connectivity index (χ0) is 15.1. The van der Waals surface area contributed by atoms with E-state index in [9.17, 15) is 18.8 Å². The summed E-state index contributed by atoms with van der Waals surface area (Å²) in [6.45, 7) is 2.93. The molecule has 0 radical (unpaired) electrons. The number of halogens is 1. The number of benzene rings is 1. The lowest BCUT2D eigenvalue weighted by Gasteiger charge is -2.41. The quantitative estimate of drug-likeness (QED) is 0.781. The van der Waals surface area contributed by atoms with Gasteiger partial charge in [-0.25, -0.2) is 9.18 Å². The molecule has 0 bridgehead atoms. The third-order valence-electron chi connectivity index (χ3n) is 3.27. The molecule has 6 nitrogen and oxygen atoms in total. The molecule has 1 aromatic carbocycles. The summed E-state index contributed by atoms with van der Waals surface area (Å²) < 4.78 is 14.0. The molecule has 20 heavy (non-hydrogen) atoms. The highest BCUT2D eigenvalue weighted by atomic mass is 19.1. The van der Waals surface area contributed by atoms with E-state index < -0.39 is 29.1 Å². The first-order valence-electron chi connectivity index (χ1n) is 5.88. The van der Waals surface area contributed by atoms with Crippen molar-refractivity contribution in [3.05, 3.63) is 29.6 Å². The number of nitrogens with one attached hydrogen (secondary N) is 1. The van der Waals surface area contributed by atoms with E-state index in [1.165, 1.54) is 17.0 Å². The van der Waals surface area contributed by atoms with Crippen LogP contribution >= 0.6 is 0 Å². The van der Waals surface area contributed by atoms with Crippen molar-refractivity contribution in [2.45, 2.75) is 19.4 Å². The maximum Gasteiger partial charge on any atom is 0.335 e. The number of carbonyl (C=O) groups excluding carboxylic acids is 2. The van der Waals surface area contributed by atoms with E-state index in [1.807, 2.05) is 0 Å². The average molecular weight is 280 g/mol. The number of imide groups is 1. The van der Waals surface area contributed by atoms with E-state index in [2.05, 4.69) is 5.32 Å². The van der Waals surface area contributed by atoms with E-state index in [0.29, 0.717) is 0 Å². The van der Waals surface area contributed by atoms with Crippen LogP contribution in [-0.4, -0.2) is 35.0 Å². The fourth-order valence-electron chi connectivity index (χ4n) is 2.03. The van der Waals surface area contributed by atoms with Gasteiger partial charge in [-0.1, -0.05) is 0 Å². The van der Waals surface area contributed by atoms with Crippen LogP contribution in [-0.2, 0) is 9.59 Å². The number of nitrogens with zero attached hydrogens (tertiary/aromatic N) is 1. The normalized spacial score (nSPS) is 17.9. The average Bonchev–Trinajstić information content (AvgIpc) is 2.34. The van der Waals surface area contributed by atoms with Crippen molar-refractivity contribution in [1.29, 1.82) is 0 Å². The summed E-state index contributed by atoms with van der Waals surface area (Å²) in [6, 6.07) is 3.35. The Balaban J connectivity index is 2.46. The number of aromatic carboxylic acids is 1. The van der Waals surface area contributed by atoms with Gasteiger partial charge in [0, 0.05) is 0 Å². The van der Waals surface area contributed by atoms with Crippen LogP contribution in [0.3, 0.4) is 0 Å². The molecule has 0 unspecified atom stereocenters. The minimum Gasteiger partial charge on any atom is -0.478 e. The molecular formula is C13H13FN2O4. The number of rotatable bonds is 2. The highest BCUT2D eigenvalue weighted by Crippen LogP contribution is 2.29. The topological polar surface area (TPSA) is 86.7 Å². The Bertz CT molecular complexity index is 612. The highest BCUT2D eigenvalue weighted by molar-refractivity contribution is 6.06. The molecule has 1 aromatic rings. The number of carboxylic acids is 1. The maximum atomic E-state index is 14.0. The summed E-state index contributed by atoms with van der Waals surface area (Å²) in [5.74, 6) is -3.10. The standard InChI is InChI=1S/C13H13FN2O4/c1-13(2)12(20)15-10(17)6-16(13)9-4-3-7(11(18)19)5-8(9)14/h3-5H,6H2,1-2H3,(H,18,19)(H,15,17,20). The van der Waals surface area contributed by atoms with Crippen LogP contribution in [0.5, 0.6) is 0 Å². The van der Waals surface area contributed by atoms with Crippen LogP contribution in [0.1, 0.15) is 24.2 Å². The predicted molar refractivity (Wildman–Crippen MR) is 67.9 cm³/mol. The lowest BCUT2D eigenvalue weighted by Crippen LogP contribution is -2.64. The Kier molecular flexibility index (Phi) is 3.21. The number of carboxylic acid groups (broad SMARTS) is 1. The fourth-order valence-corrected chi connectivity index (χ4v) is 2.03. The molecule has 0 spiro atoms. The van der Waals surface area contributed by atoms with Gasteiger partial charge < -0.3 is 10.0 Å². The first-order valence-corrected chi connectivity index (χ1v) is 5.88. The first kappa shape index (κ1) is 14.0. The van der Waals surface area contributed by atoms with Crippen molar-refractivity contribution in [2.24, 2.45) is 0 Å². The smallest absolute Gasteiger partial charge is 0.335 e. The van der Waals surface area contributed by atoms with E-state index in [1.54, 1.807) is 13.8 Å². The molecule has 2 rings (SSSR count). The highest BCUT2D eigenvalue weighted by Gasteiger charge is 2.41.